The van der Waals surface area contributed by atoms with Crippen LogP contribution in [0.1, 0.15) is 6.92 Å². The van der Waals surface area contributed by atoms with E-state index in [0.717, 1.165) is 0 Å². The van der Waals surface area contributed by atoms with Crippen molar-refractivity contribution in [1.29, 1.82) is 0 Å². The molecule has 0 spiro atoms. The van der Waals surface area contributed by atoms with Crippen molar-refractivity contribution >= 4 is 18.3 Å². The van der Waals surface area contributed by atoms with Gasteiger partial charge in [0.1, 0.15) is 0 Å². The molecule has 0 fully saturated rings. The van der Waals surface area contributed by atoms with Crippen LogP contribution in [-0.2, 0) is 14.3 Å². The number of rotatable bonds is 3. The van der Waals surface area contributed by atoms with Crippen molar-refractivity contribution in [2.24, 2.45) is 15.7 Å². The molecule has 0 aromatic rings. The quantitative estimate of drug-likeness (QED) is 0.483. The Balaban J connectivity index is 0. The first-order valence-corrected chi connectivity index (χ1v) is 3.18. The zero-order valence-corrected chi connectivity index (χ0v) is 7.02. The van der Waals surface area contributed by atoms with Gasteiger partial charge in [-0.1, -0.05) is 0 Å². The lowest BCUT2D eigenvalue weighted by Crippen LogP contribution is -2.11. The molecule has 0 aliphatic rings. The van der Waals surface area contributed by atoms with Crippen LogP contribution in [0.2, 0.25) is 0 Å². The maximum Gasteiger partial charge on any atom is 0.404 e. The molecule has 13 heavy (non-hydrogen) atoms. The second-order valence-electron chi connectivity index (χ2n) is 1.39. The van der Waals surface area contributed by atoms with E-state index in [1.807, 2.05) is 0 Å². The van der Waals surface area contributed by atoms with E-state index < -0.39 is 6.09 Å². The van der Waals surface area contributed by atoms with E-state index in [0.29, 0.717) is 6.61 Å². The summed E-state index contributed by atoms with van der Waals surface area (Å²) in [5, 5.41) is 0. The largest absolute Gasteiger partial charge is 0.450 e. The monoisotopic (exact) mass is 187 g/mol. The summed E-state index contributed by atoms with van der Waals surface area (Å²) in [4.78, 5) is 33.8. The van der Waals surface area contributed by atoms with E-state index >= 15 is 0 Å². The zero-order valence-electron chi connectivity index (χ0n) is 7.02. The summed E-state index contributed by atoms with van der Waals surface area (Å²) >= 11 is 0. The van der Waals surface area contributed by atoms with Gasteiger partial charge < -0.3 is 10.5 Å². The highest BCUT2D eigenvalue weighted by Gasteiger charge is 1.82. The summed E-state index contributed by atoms with van der Waals surface area (Å²) in [5.74, 6) is 0. The number of isocyanates is 2. The fourth-order valence-electron chi connectivity index (χ4n) is 0.235. The van der Waals surface area contributed by atoms with Crippen LogP contribution in [0.4, 0.5) is 4.79 Å². The molecule has 0 rings (SSSR count). The molecule has 7 heteroatoms. The number of nitrogens with zero attached hydrogens (tertiary/aromatic N) is 2. The molecule has 0 saturated carbocycles. The van der Waals surface area contributed by atoms with E-state index in [2.05, 4.69) is 20.5 Å². The van der Waals surface area contributed by atoms with E-state index in [-0.39, 0.29) is 6.67 Å². The van der Waals surface area contributed by atoms with Gasteiger partial charge in [-0.05, 0) is 6.92 Å². The molecule has 72 valence electrons. The Morgan fingerprint density at radius 1 is 1.38 bits per heavy atom. The molecule has 0 aromatic carbocycles. The highest BCUT2D eigenvalue weighted by atomic mass is 16.5. The van der Waals surface area contributed by atoms with Crippen molar-refractivity contribution in [3.05, 3.63) is 0 Å². The number of primary amides is 1. The third kappa shape index (κ3) is 25.6. The van der Waals surface area contributed by atoms with Crippen molar-refractivity contribution in [2.45, 2.75) is 6.92 Å². The molecule has 0 aliphatic carbocycles. The molecule has 7 nitrogen and oxygen atoms in total. The second-order valence-corrected chi connectivity index (χ2v) is 1.39. The van der Waals surface area contributed by atoms with Crippen LogP contribution in [0.5, 0.6) is 0 Å². The molecule has 0 atom stereocenters. The SMILES string of the molecule is CCOC(N)=O.O=C=NCN=C=O. The third-order valence-electron chi connectivity index (χ3n) is 0.557. The van der Waals surface area contributed by atoms with Crippen molar-refractivity contribution in [1.82, 2.24) is 0 Å². The first-order valence-electron chi connectivity index (χ1n) is 3.18. The van der Waals surface area contributed by atoms with Gasteiger partial charge in [-0.25, -0.2) is 14.4 Å². The summed E-state index contributed by atoms with van der Waals surface area (Å²) in [6, 6.07) is 0. The molecule has 0 radical (unpaired) electrons. The predicted octanol–water partition coefficient (Wildman–Crippen LogP) is -0.283. The molecule has 0 unspecified atom stereocenters. The van der Waals surface area contributed by atoms with Crippen LogP contribution < -0.4 is 5.73 Å². The van der Waals surface area contributed by atoms with Gasteiger partial charge in [0.05, 0.1) is 6.61 Å². The predicted molar refractivity (Wildman–Crippen MR) is 42.3 cm³/mol. The second kappa shape index (κ2) is 12.7. The Labute approximate surface area is 74.3 Å². The number of hydrogen-bond acceptors (Lipinski definition) is 6. The van der Waals surface area contributed by atoms with Gasteiger partial charge in [0.15, 0.2) is 6.67 Å². The Bertz CT molecular complexity index is 212. The smallest absolute Gasteiger partial charge is 0.404 e. The number of amides is 1. The first-order chi connectivity index (χ1) is 6.18. The molecule has 0 bridgehead atoms. The first kappa shape index (κ1) is 13.6. The van der Waals surface area contributed by atoms with Crippen LogP contribution in [0.3, 0.4) is 0 Å². The summed E-state index contributed by atoms with van der Waals surface area (Å²) in [6.07, 6.45) is 1.70. The Morgan fingerprint density at radius 2 is 1.85 bits per heavy atom. The maximum atomic E-state index is 9.60. The van der Waals surface area contributed by atoms with Crippen molar-refractivity contribution in [2.75, 3.05) is 13.3 Å². The fourth-order valence-corrected chi connectivity index (χ4v) is 0.235. The lowest BCUT2D eigenvalue weighted by atomic mass is 10.9. The van der Waals surface area contributed by atoms with E-state index in [1.54, 1.807) is 6.92 Å². The number of hydrogen-bond donors (Lipinski definition) is 1. The minimum absolute atomic E-state index is 0.160. The third-order valence-corrected chi connectivity index (χ3v) is 0.557. The molecule has 1 amide bonds. The number of aliphatic imine (C=N–C) groups is 2. The van der Waals surface area contributed by atoms with Gasteiger partial charge in [-0.2, -0.15) is 9.98 Å². The zero-order chi connectivity index (χ0) is 10.5. The summed E-state index contributed by atoms with van der Waals surface area (Å²) in [5.41, 5.74) is 4.54. The molecule has 0 saturated heterocycles. The normalized spacial score (nSPS) is 6.54. The van der Waals surface area contributed by atoms with Crippen molar-refractivity contribution in [3.8, 4) is 0 Å². The van der Waals surface area contributed by atoms with Gasteiger partial charge in [0.2, 0.25) is 12.2 Å². The van der Waals surface area contributed by atoms with Gasteiger partial charge in [0, 0.05) is 0 Å². The van der Waals surface area contributed by atoms with Crippen LogP contribution in [0.25, 0.3) is 0 Å². The Hall–Kier alpha value is -1.97. The fraction of sp³-hybridized carbons (Fsp3) is 0.500. The Morgan fingerprint density at radius 3 is 2.00 bits per heavy atom. The summed E-state index contributed by atoms with van der Waals surface area (Å²) < 4.78 is 4.18. The number of nitrogens with two attached hydrogens (primary N) is 1. The standard InChI is InChI=1S/C3H2N2O2.C3H7NO2/c6-2-4-1-5-3-7;1-2-6-3(4)5/h1H2;2H2,1H3,(H2,4,5). The average Bonchev–Trinajstić information content (AvgIpc) is 2.06. The molecule has 0 heterocycles. The highest BCUT2D eigenvalue weighted by molar-refractivity contribution is 5.64. The molecule has 0 aromatic heterocycles. The maximum absolute atomic E-state index is 9.60. The molecule has 0 aliphatic heterocycles. The average molecular weight is 187 g/mol. The number of ether oxygens (including phenoxy) is 1. The van der Waals surface area contributed by atoms with E-state index in [9.17, 15) is 14.4 Å². The number of carbonyl (C=O) groups excluding carboxylic acids is 3. The van der Waals surface area contributed by atoms with E-state index in [1.165, 1.54) is 12.2 Å². The van der Waals surface area contributed by atoms with Gasteiger partial charge >= 0.3 is 6.09 Å². The van der Waals surface area contributed by atoms with Crippen LogP contribution in [0.15, 0.2) is 9.98 Å². The van der Waals surface area contributed by atoms with Crippen LogP contribution >= 0.6 is 0 Å². The minimum atomic E-state index is -0.711. The van der Waals surface area contributed by atoms with Gasteiger partial charge in [-0.3, -0.25) is 0 Å². The molecule has 2 N–H and O–H groups in total. The minimum Gasteiger partial charge on any atom is -0.450 e. The van der Waals surface area contributed by atoms with Crippen LogP contribution in [0, 0.1) is 0 Å². The lowest BCUT2D eigenvalue weighted by molar-refractivity contribution is 0.163. The topological polar surface area (TPSA) is 111 Å². The molecular formula is C6H9N3O4. The van der Waals surface area contributed by atoms with Crippen LogP contribution in [-0.4, -0.2) is 31.5 Å². The van der Waals surface area contributed by atoms with Gasteiger partial charge in [-0.15, -0.1) is 0 Å². The van der Waals surface area contributed by atoms with E-state index in [4.69, 9.17) is 0 Å². The highest BCUT2D eigenvalue weighted by Crippen LogP contribution is 1.66. The number of carbonyl (C=O) groups is 1. The summed E-state index contributed by atoms with van der Waals surface area (Å²) in [7, 11) is 0. The Kier molecular flexibility index (Phi) is 13.3. The molecular weight excluding hydrogens is 178 g/mol. The van der Waals surface area contributed by atoms with Crippen molar-refractivity contribution in [3.63, 3.8) is 0 Å². The summed E-state index contributed by atoms with van der Waals surface area (Å²) in [6.45, 7) is 1.90. The lowest BCUT2D eigenvalue weighted by Gasteiger charge is -1.89. The van der Waals surface area contributed by atoms with Gasteiger partial charge in [0.25, 0.3) is 0 Å². The van der Waals surface area contributed by atoms with Crippen molar-refractivity contribution < 1.29 is 19.1 Å².